The average Bonchev–Trinajstić information content (AvgIpc) is 3.09. The van der Waals surface area contributed by atoms with Crippen molar-refractivity contribution in [1.29, 1.82) is 0 Å². The Balaban J connectivity index is 3.19. The molecule has 0 fully saturated rings. The van der Waals surface area contributed by atoms with Crippen molar-refractivity contribution in [1.82, 2.24) is 0 Å². The molecule has 0 bridgehead atoms. The first-order valence-corrected chi connectivity index (χ1v) is 24.0. The summed E-state index contributed by atoms with van der Waals surface area (Å²) < 4.78 is 0. The van der Waals surface area contributed by atoms with Crippen molar-refractivity contribution >= 4 is 21.6 Å². The van der Waals surface area contributed by atoms with Crippen LogP contribution in [0.4, 0.5) is 0 Å². The first-order valence-electron chi connectivity index (χ1n) is 21.5. The first kappa shape index (κ1) is 48.5. The quantitative estimate of drug-likeness (QED) is 0.0371. The third-order valence-corrected chi connectivity index (χ3v) is 12.6. The van der Waals surface area contributed by atoms with Crippen molar-refractivity contribution in [2.24, 2.45) is 0 Å². The van der Waals surface area contributed by atoms with Crippen molar-refractivity contribution in [2.45, 2.75) is 243 Å². The SMILES string of the molecule is OCCCCCCCCCCCCC(O)CCCCCCCCSSCCCCCCCCC(O)CCCCCCCCCCCCO. The monoisotopic (exact) mass is 719 g/mol. The van der Waals surface area contributed by atoms with Gasteiger partial charge in [-0.3, -0.25) is 0 Å². The Morgan fingerprint density at radius 1 is 0.250 bits per heavy atom. The van der Waals surface area contributed by atoms with E-state index in [0.29, 0.717) is 13.2 Å². The maximum absolute atomic E-state index is 10.3. The van der Waals surface area contributed by atoms with Crippen LogP contribution in [0.3, 0.4) is 0 Å². The van der Waals surface area contributed by atoms with Gasteiger partial charge in [-0.1, -0.05) is 201 Å². The van der Waals surface area contributed by atoms with Gasteiger partial charge in [0.15, 0.2) is 0 Å². The van der Waals surface area contributed by atoms with E-state index in [2.05, 4.69) is 21.6 Å². The molecule has 2 unspecified atom stereocenters. The van der Waals surface area contributed by atoms with Crippen molar-refractivity contribution < 1.29 is 20.4 Å². The molecule has 0 aliphatic carbocycles. The van der Waals surface area contributed by atoms with E-state index >= 15 is 0 Å². The van der Waals surface area contributed by atoms with Gasteiger partial charge in [0.05, 0.1) is 12.2 Å². The van der Waals surface area contributed by atoms with E-state index in [-0.39, 0.29) is 12.2 Å². The summed E-state index contributed by atoms with van der Waals surface area (Å²) in [5.41, 5.74) is 0. The Morgan fingerprint density at radius 3 is 0.667 bits per heavy atom. The highest BCUT2D eigenvalue weighted by molar-refractivity contribution is 8.76. The molecule has 48 heavy (non-hydrogen) atoms. The van der Waals surface area contributed by atoms with Crippen LogP contribution in [0.1, 0.15) is 231 Å². The lowest BCUT2D eigenvalue weighted by atomic mass is 10.0. The highest BCUT2D eigenvalue weighted by Crippen LogP contribution is 2.25. The zero-order chi connectivity index (χ0) is 34.9. The van der Waals surface area contributed by atoms with E-state index in [1.54, 1.807) is 0 Å². The molecule has 0 aliphatic rings. The molecule has 0 aromatic heterocycles. The van der Waals surface area contributed by atoms with Crippen molar-refractivity contribution in [3.63, 3.8) is 0 Å². The molecule has 4 nitrogen and oxygen atoms in total. The van der Waals surface area contributed by atoms with Gasteiger partial charge in [0.25, 0.3) is 0 Å². The Hall–Kier alpha value is 0.540. The molecule has 0 aromatic rings. The summed E-state index contributed by atoms with van der Waals surface area (Å²) in [5, 5.41) is 38.1. The van der Waals surface area contributed by atoms with Crippen molar-refractivity contribution in [3.8, 4) is 0 Å². The fraction of sp³-hybridized carbons (Fsp3) is 1.00. The number of aliphatic hydroxyl groups is 4. The number of rotatable bonds is 43. The second kappa shape index (κ2) is 43.7. The van der Waals surface area contributed by atoms with Crippen LogP contribution >= 0.6 is 21.6 Å². The van der Waals surface area contributed by atoms with E-state index in [1.807, 2.05) is 0 Å². The predicted octanol–water partition coefficient (Wildman–Crippen LogP) is 13.1. The average molecular weight is 719 g/mol. The summed E-state index contributed by atoms with van der Waals surface area (Å²) in [4.78, 5) is 0. The maximum atomic E-state index is 10.3. The third-order valence-electron chi connectivity index (χ3n) is 10.0. The lowest BCUT2D eigenvalue weighted by molar-refractivity contribution is 0.146. The standard InChI is InChI=1S/C42H86O4S2/c43-37-29-21-13-7-3-1-5-9-17-25-33-41(45)35-27-19-11-15-23-31-39-47-48-40-32-24-16-12-20-28-36-42(46)34-26-18-10-6-2-4-8-14-22-30-38-44/h41-46H,1-40H2. The molecule has 2 atom stereocenters. The highest BCUT2D eigenvalue weighted by Gasteiger charge is 2.05. The smallest absolute Gasteiger partial charge is 0.0540 e. The molecule has 0 radical (unpaired) electrons. The summed E-state index contributed by atoms with van der Waals surface area (Å²) in [6.45, 7) is 0.691. The maximum Gasteiger partial charge on any atom is 0.0540 e. The van der Waals surface area contributed by atoms with Crippen LogP contribution in [0.5, 0.6) is 0 Å². The number of hydrogen-bond donors (Lipinski definition) is 4. The molecule has 0 aromatic carbocycles. The van der Waals surface area contributed by atoms with Gasteiger partial charge < -0.3 is 20.4 Å². The summed E-state index contributed by atoms with van der Waals surface area (Å²) in [5.74, 6) is 2.59. The van der Waals surface area contributed by atoms with Crippen LogP contribution in [0.15, 0.2) is 0 Å². The Bertz CT molecular complexity index is 520. The Kier molecular flexibility index (Phi) is 44.2. The van der Waals surface area contributed by atoms with Crippen molar-refractivity contribution in [3.05, 3.63) is 0 Å². The lowest BCUT2D eigenvalue weighted by Crippen LogP contribution is -2.05. The molecule has 0 aliphatic heterocycles. The van der Waals surface area contributed by atoms with Gasteiger partial charge in [0.1, 0.15) is 0 Å². The number of hydrogen-bond acceptors (Lipinski definition) is 6. The van der Waals surface area contributed by atoms with Crippen LogP contribution in [-0.4, -0.2) is 57.4 Å². The zero-order valence-corrected chi connectivity index (χ0v) is 33.7. The molecular weight excluding hydrogens is 633 g/mol. The minimum atomic E-state index is -0.0752. The Morgan fingerprint density at radius 2 is 0.438 bits per heavy atom. The topological polar surface area (TPSA) is 80.9 Å². The first-order chi connectivity index (χ1) is 23.7. The molecule has 0 heterocycles. The molecule has 6 heteroatoms. The lowest BCUT2D eigenvalue weighted by Gasteiger charge is -2.10. The van der Waals surface area contributed by atoms with E-state index in [4.69, 9.17) is 10.2 Å². The summed E-state index contributed by atoms with van der Waals surface area (Å²) >= 11 is 0. The minimum absolute atomic E-state index is 0.0752. The van der Waals surface area contributed by atoms with Gasteiger partial charge in [-0.15, -0.1) is 0 Å². The van der Waals surface area contributed by atoms with Crippen LogP contribution in [0.2, 0.25) is 0 Å². The molecule has 0 spiro atoms. The summed E-state index contributed by atoms with van der Waals surface area (Å²) in [6, 6.07) is 0. The second-order valence-corrected chi connectivity index (χ2v) is 17.6. The van der Waals surface area contributed by atoms with E-state index in [0.717, 1.165) is 38.5 Å². The van der Waals surface area contributed by atoms with Gasteiger partial charge >= 0.3 is 0 Å². The molecule has 290 valence electrons. The normalized spacial score (nSPS) is 13.0. The largest absolute Gasteiger partial charge is 0.396 e. The van der Waals surface area contributed by atoms with Crippen LogP contribution < -0.4 is 0 Å². The fourth-order valence-corrected chi connectivity index (χ4v) is 9.01. The van der Waals surface area contributed by atoms with Crippen molar-refractivity contribution in [2.75, 3.05) is 24.7 Å². The van der Waals surface area contributed by atoms with Crippen LogP contribution in [0, 0.1) is 0 Å². The minimum Gasteiger partial charge on any atom is -0.396 e. The van der Waals surface area contributed by atoms with Crippen LogP contribution in [0.25, 0.3) is 0 Å². The molecule has 0 saturated carbocycles. The van der Waals surface area contributed by atoms with Gasteiger partial charge in [-0.05, 0) is 51.4 Å². The van der Waals surface area contributed by atoms with Crippen LogP contribution in [-0.2, 0) is 0 Å². The fourth-order valence-electron chi connectivity index (χ4n) is 6.71. The molecule has 0 rings (SSSR count). The molecule has 0 amide bonds. The number of aliphatic hydroxyl groups excluding tert-OH is 4. The summed E-state index contributed by atoms with van der Waals surface area (Å²) in [7, 11) is 4.15. The highest BCUT2D eigenvalue weighted by atomic mass is 33.1. The second-order valence-electron chi connectivity index (χ2n) is 14.9. The van der Waals surface area contributed by atoms with Gasteiger partial charge in [0.2, 0.25) is 0 Å². The zero-order valence-electron chi connectivity index (χ0n) is 32.0. The van der Waals surface area contributed by atoms with E-state index < -0.39 is 0 Å². The van der Waals surface area contributed by atoms with E-state index in [1.165, 1.54) is 204 Å². The third kappa shape index (κ3) is 42.7. The Labute approximate surface area is 309 Å². The molecular formula is C42H86O4S2. The molecule has 4 N–H and O–H groups in total. The predicted molar refractivity (Wildman–Crippen MR) is 217 cm³/mol. The van der Waals surface area contributed by atoms with Gasteiger partial charge in [-0.25, -0.2) is 0 Å². The van der Waals surface area contributed by atoms with Gasteiger partial charge in [-0.2, -0.15) is 0 Å². The summed E-state index contributed by atoms with van der Waals surface area (Å²) in [6.07, 6.45) is 44.8. The van der Waals surface area contributed by atoms with Gasteiger partial charge in [0, 0.05) is 24.7 Å². The number of unbranched alkanes of at least 4 members (excludes halogenated alkanes) is 28. The van der Waals surface area contributed by atoms with E-state index in [9.17, 15) is 10.2 Å². The molecule has 0 saturated heterocycles.